The van der Waals surface area contributed by atoms with Gasteiger partial charge in [-0.2, -0.15) is 0 Å². The number of methoxy groups -OCH3 is 1. The van der Waals surface area contributed by atoms with Gasteiger partial charge in [0.15, 0.2) is 0 Å². The van der Waals surface area contributed by atoms with Gasteiger partial charge in [-0.25, -0.2) is 4.79 Å². The van der Waals surface area contributed by atoms with Crippen LogP contribution in [-0.2, 0) is 11.2 Å². The second-order valence-electron chi connectivity index (χ2n) is 9.52. The Hall–Kier alpha value is -3.07. The first kappa shape index (κ1) is 25.6. The minimum atomic E-state index is -0.178. The zero-order valence-electron chi connectivity index (χ0n) is 21.0. The Kier molecular flexibility index (Phi) is 7.69. The highest BCUT2D eigenvalue weighted by atomic mass is 35.5. The van der Waals surface area contributed by atoms with Crippen molar-refractivity contribution < 1.29 is 14.3 Å². The van der Waals surface area contributed by atoms with Crippen LogP contribution < -0.4 is 10.1 Å². The van der Waals surface area contributed by atoms with Gasteiger partial charge in [0.25, 0.3) is 0 Å². The molecule has 7 nitrogen and oxygen atoms in total. The molecule has 3 aromatic rings. The van der Waals surface area contributed by atoms with E-state index in [-0.39, 0.29) is 24.0 Å². The number of thiophene rings is 1. The molecule has 2 atom stereocenters. The third-order valence-electron chi connectivity index (χ3n) is 7.15. The van der Waals surface area contributed by atoms with Crippen LogP contribution in [0.3, 0.4) is 0 Å². The first-order valence-electron chi connectivity index (χ1n) is 12.5. The SMILES string of the molecule is COc1ccc([C@H]2c3ccsc3CCN2CC(=O)N2CCN(C(=O)Nc3cccc(Cl)c3)[C@@H](C)C2)cc1. The molecule has 0 saturated carbocycles. The number of amides is 3. The molecule has 0 aliphatic carbocycles. The van der Waals surface area contributed by atoms with E-state index in [2.05, 4.69) is 33.8 Å². The number of nitrogens with zero attached hydrogens (tertiary/aromatic N) is 3. The molecule has 1 N–H and O–H groups in total. The molecule has 0 unspecified atom stereocenters. The van der Waals surface area contributed by atoms with Crippen molar-refractivity contribution in [3.8, 4) is 5.75 Å². The predicted octanol–water partition coefficient (Wildman–Crippen LogP) is 5.12. The van der Waals surface area contributed by atoms with Gasteiger partial charge in [-0.3, -0.25) is 9.69 Å². The fraction of sp³-hybridized carbons (Fsp3) is 0.357. The van der Waals surface area contributed by atoms with Gasteiger partial charge in [0, 0.05) is 47.8 Å². The number of hydrogen-bond donors (Lipinski definition) is 1. The Morgan fingerprint density at radius 2 is 1.92 bits per heavy atom. The van der Waals surface area contributed by atoms with Crippen LogP contribution in [0.15, 0.2) is 60.0 Å². The quantitative estimate of drug-likeness (QED) is 0.489. The molecule has 3 amide bonds. The van der Waals surface area contributed by atoms with Crippen molar-refractivity contribution >= 4 is 40.6 Å². The van der Waals surface area contributed by atoms with Gasteiger partial charge in [-0.05, 0) is 66.2 Å². The van der Waals surface area contributed by atoms with Crippen molar-refractivity contribution in [1.29, 1.82) is 0 Å². The molecule has 2 aromatic carbocycles. The van der Waals surface area contributed by atoms with Gasteiger partial charge in [0.1, 0.15) is 5.75 Å². The summed E-state index contributed by atoms with van der Waals surface area (Å²) in [6.07, 6.45) is 0.945. The van der Waals surface area contributed by atoms with Gasteiger partial charge in [0.2, 0.25) is 5.91 Å². The second-order valence-corrected chi connectivity index (χ2v) is 11.0. The summed E-state index contributed by atoms with van der Waals surface area (Å²) < 4.78 is 5.34. The standard InChI is InChI=1S/C28H31ClN4O3S/c1-19-17-31(13-14-33(19)28(35)30-22-5-3-4-21(29)16-22)26(34)18-32-12-10-25-24(11-15-37-25)27(32)20-6-8-23(36-2)9-7-20/h3-9,11,15-16,19,27H,10,12-14,17-18H2,1-2H3,(H,30,35)/t19-,27-/m0/s1. The summed E-state index contributed by atoms with van der Waals surface area (Å²) in [5.41, 5.74) is 3.10. The minimum absolute atomic E-state index is 0.0343. The van der Waals surface area contributed by atoms with Crippen molar-refractivity contribution in [3.63, 3.8) is 0 Å². The number of piperazine rings is 1. The highest BCUT2D eigenvalue weighted by Gasteiger charge is 2.34. The number of fused-ring (bicyclic) bond motifs is 1. The third kappa shape index (κ3) is 5.61. The van der Waals surface area contributed by atoms with Gasteiger partial charge < -0.3 is 19.9 Å². The summed E-state index contributed by atoms with van der Waals surface area (Å²) >= 11 is 7.83. The highest BCUT2D eigenvalue weighted by Crippen LogP contribution is 2.38. The minimum Gasteiger partial charge on any atom is -0.497 e. The maximum Gasteiger partial charge on any atom is 0.322 e. The molecule has 9 heteroatoms. The van der Waals surface area contributed by atoms with E-state index in [1.165, 1.54) is 10.4 Å². The molecule has 1 fully saturated rings. The van der Waals surface area contributed by atoms with Crippen LogP contribution in [0, 0.1) is 0 Å². The van der Waals surface area contributed by atoms with E-state index < -0.39 is 0 Å². The first-order chi connectivity index (χ1) is 17.9. The highest BCUT2D eigenvalue weighted by molar-refractivity contribution is 7.10. The van der Waals surface area contributed by atoms with E-state index in [0.717, 1.165) is 24.3 Å². The largest absolute Gasteiger partial charge is 0.497 e. The summed E-state index contributed by atoms with van der Waals surface area (Å²) in [7, 11) is 1.67. The number of benzene rings is 2. The summed E-state index contributed by atoms with van der Waals surface area (Å²) in [5, 5.41) is 5.63. The summed E-state index contributed by atoms with van der Waals surface area (Å²) in [5.74, 6) is 0.915. The molecule has 0 bridgehead atoms. The van der Waals surface area contributed by atoms with Crippen molar-refractivity contribution in [2.24, 2.45) is 0 Å². The lowest BCUT2D eigenvalue weighted by molar-refractivity contribution is -0.135. The molecule has 2 aliphatic rings. The number of ether oxygens (including phenoxy) is 1. The zero-order chi connectivity index (χ0) is 25.9. The number of nitrogens with one attached hydrogen (secondary N) is 1. The normalized spacial score (nSPS) is 19.9. The number of carbonyl (C=O) groups excluding carboxylic acids is 2. The van der Waals surface area contributed by atoms with Crippen LogP contribution in [0.2, 0.25) is 5.02 Å². The average molecular weight is 539 g/mol. The Bertz CT molecular complexity index is 1260. The number of hydrogen-bond acceptors (Lipinski definition) is 5. The Balaban J connectivity index is 1.24. The number of halogens is 1. The number of rotatable bonds is 5. The predicted molar refractivity (Wildman–Crippen MR) is 148 cm³/mol. The lowest BCUT2D eigenvalue weighted by Crippen LogP contribution is -2.58. The summed E-state index contributed by atoms with van der Waals surface area (Å²) in [6.45, 7) is 4.65. The summed E-state index contributed by atoms with van der Waals surface area (Å²) in [6, 6.07) is 17.2. The van der Waals surface area contributed by atoms with Crippen molar-refractivity contribution in [2.75, 3.05) is 45.2 Å². The van der Waals surface area contributed by atoms with Crippen molar-refractivity contribution in [1.82, 2.24) is 14.7 Å². The van der Waals surface area contributed by atoms with E-state index >= 15 is 0 Å². The lowest BCUT2D eigenvalue weighted by Gasteiger charge is -2.41. The van der Waals surface area contributed by atoms with Crippen LogP contribution in [0.4, 0.5) is 10.5 Å². The Morgan fingerprint density at radius 3 is 2.65 bits per heavy atom. The summed E-state index contributed by atoms with van der Waals surface area (Å²) in [4.78, 5) is 33.7. The van der Waals surface area contributed by atoms with Crippen LogP contribution in [0.5, 0.6) is 5.75 Å². The van der Waals surface area contributed by atoms with E-state index in [0.29, 0.717) is 36.9 Å². The molecular weight excluding hydrogens is 508 g/mol. The maximum atomic E-state index is 13.5. The third-order valence-corrected chi connectivity index (χ3v) is 8.38. The molecule has 0 spiro atoms. The van der Waals surface area contributed by atoms with E-state index in [4.69, 9.17) is 16.3 Å². The van der Waals surface area contributed by atoms with Gasteiger partial charge in [-0.15, -0.1) is 11.3 Å². The van der Waals surface area contributed by atoms with E-state index in [1.807, 2.05) is 30.0 Å². The van der Waals surface area contributed by atoms with Gasteiger partial charge >= 0.3 is 6.03 Å². The lowest BCUT2D eigenvalue weighted by atomic mass is 9.93. The smallest absolute Gasteiger partial charge is 0.322 e. The zero-order valence-corrected chi connectivity index (χ0v) is 22.6. The van der Waals surface area contributed by atoms with E-state index in [9.17, 15) is 9.59 Å². The molecule has 1 aromatic heterocycles. The van der Waals surface area contributed by atoms with E-state index in [1.54, 1.807) is 41.5 Å². The topological polar surface area (TPSA) is 65.1 Å². The second kappa shape index (κ2) is 11.1. The fourth-order valence-electron chi connectivity index (χ4n) is 5.24. The monoisotopic (exact) mass is 538 g/mol. The van der Waals surface area contributed by atoms with Crippen molar-refractivity contribution in [3.05, 3.63) is 81.0 Å². The van der Waals surface area contributed by atoms with Gasteiger partial charge in [0.05, 0.1) is 19.7 Å². The molecule has 194 valence electrons. The Morgan fingerprint density at radius 1 is 1.11 bits per heavy atom. The molecule has 37 heavy (non-hydrogen) atoms. The molecule has 5 rings (SSSR count). The van der Waals surface area contributed by atoms with Crippen LogP contribution in [-0.4, -0.2) is 72.5 Å². The van der Waals surface area contributed by atoms with Gasteiger partial charge in [-0.1, -0.05) is 29.8 Å². The molecule has 2 aliphatic heterocycles. The Labute approximate surface area is 226 Å². The number of anilines is 1. The maximum absolute atomic E-state index is 13.5. The molecule has 3 heterocycles. The molecule has 0 radical (unpaired) electrons. The van der Waals surface area contributed by atoms with Crippen molar-refractivity contribution in [2.45, 2.75) is 25.4 Å². The number of carbonyl (C=O) groups is 2. The molecular formula is C28H31ClN4O3S. The number of urea groups is 1. The molecule has 1 saturated heterocycles. The van der Waals surface area contributed by atoms with Crippen LogP contribution >= 0.6 is 22.9 Å². The first-order valence-corrected chi connectivity index (χ1v) is 13.7. The average Bonchev–Trinajstić information content (AvgIpc) is 3.37. The van der Waals surface area contributed by atoms with Crippen LogP contribution in [0.1, 0.15) is 29.0 Å². The fourth-order valence-corrected chi connectivity index (χ4v) is 6.33. The van der Waals surface area contributed by atoms with Crippen LogP contribution in [0.25, 0.3) is 0 Å².